The molecule has 3 aromatic rings. The molecule has 0 spiro atoms. The van der Waals surface area contributed by atoms with Crippen molar-refractivity contribution in [3.05, 3.63) is 106 Å². The summed E-state index contributed by atoms with van der Waals surface area (Å²) in [5.74, 6) is -0.650. The van der Waals surface area contributed by atoms with Gasteiger partial charge in [-0.15, -0.1) is 0 Å². The predicted octanol–water partition coefficient (Wildman–Crippen LogP) is 7.17. The van der Waals surface area contributed by atoms with Crippen molar-refractivity contribution in [2.45, 2.75) is 39.4 Å². The van der Waals surface area contributed by atoms with Crippen LogP contribution in [-0.4, -0.2) is 41.9 Å². The third-order valence-electron chi connectivity index (χ3n) is 7.07. The standard InChI is InChI=1S/C31H34F4N2O/c1-21(2)16-37(30(38)24-10-12-28(32)13-11-24)19-26-18-36(17-23-7-4-6-22(3)14-23)20-29(26)25-8-5-9-27(15-25)31(33,34)35/h4-15,21,26,29H,16-20H2,1-3H3/t26-,29-/m1/s1. The largest absolute Gasteiger partial charge is 0.416 e. The quantitative estimate of drug-likeness (QED) is 0.291. The molecule has 1 amide bonds. The minimum absolute atomic E-state index is 0.0635. The lowest BCUT2D eigenvalue weighted by atomic mass is 9.87. The molecule has 0 N–H and O–H groups in total. The summed E-state index contributed by atoms with van der Waals surface area (Å²) in [6.45, 7) is 8.91. The van der Waals surface area contributed by atoms with E-state index in [2.05, 4.69) is 17.0 Å². The van der Waals surface area contributed by atoms with Gasteiger partial charge in [0.2, 0.25) is 0 Å². The number of hydrogen-bond donors (Lipinski definition) is 0. The average Bonchev–Trinajstić information content (AvgIpc) is 3.25. The molecule has 2 atom stereocenters. The van der Waals surface area contributed by atoms with Crippen molar-refractivity contribution in [3.8, 4) is 0 Å². The first-order valence-corrected chi connectivity index (χ1v) is 13.0. The van der Waals surface area contributed by atoms with E-state index in [0.717, 1.165) is 17.2 Å². The van der Waals surface area contributed by atoms with Gasteiger partial charge in [0.15, 0.2) is 0 Å². The number of carbonyl (C=O) groups is 1. The first-order chi connectivity index (χ1) is 18.0. The number of hydrogen-bond acceptors (Lipinski definition) is 2. The van der Waals surface area contributed by atoms with Crippen molar-refractivity contribution in [1.29, 1.82) is 0 Å². The summed E-state index contributed by atoms with van der Waals surface area (Å²) in [7, 11) is 0. The molecule has 38 heavy (non-hydrogen) atoms. The van der Waals surface area contributed by atoms with Gasteiger partial charge >= 0.3 is 6.18 Å². The maximum Gasteiger partial charge on any atom is 0.416 e. The first-order valence-electron chi connectivity index (χ1n) is 13.0. The van der Waals surface area contributed by atoms with E-state index in [1.807, 2.05) is 32.9 Å². The van der Waals surface area contributed by atoms with Crippen LogP contribution in [0.25, 0.3) is 0 Å². The molecule has 1 aliphatic heterocycles. The Bertz CT molecular complexity index is 1240. The lowest BCUT2D eigenvalue weighted by molar-refractivity contribution is -0.137. The van der Waals surface area contributed by atoms with Crippen LogP contribution in [-0.2, 0) is 12.7 Å². The molecular weight excluding hydrogens is 492 g/mol. The lowest BCUT2D eigenvalue weighted by Crippen LogP contribution is -2.39. The fourth-order valence-electron chi connectivity index (χ4n) is 5.41. The summed E-state index contributed by atoms with van der Waals surface area (Å²) < 4.78 is 54.1. The van der Waals surface area contributed by atoms with Crippen LogP contribution in [0.2, 0.25) is 0 Å². The van der Waals surface area contributed by atoms with Gasteiger partial charge < -0.3 is 4.90 Å². The summed E-state index contributed by atoms with van der Waals surface area (Å²) in [5.41, 5.74) is 2.68. The van der Waals surface area contributed by atoms with Crippen molar-refractivity contribution in [2.75, 3.05) is 26.2 Å². The van der Waals surface area contributed by atoms with Crippen molar-refractivity contribution in [2.24, 2.45) is 11.8 Å². The van der Waals surface area contributed by atoms with E-state index < -0.39 is 17.6 Å². The Labute approximate surface area is 222 Å². The van der Waals surface area contributed by atoms with Crippen LogP contribution >= 0.6 is 0 Å². The number of halogens is 4. The summed E-state index contributed by atoms with van der Waals surface area (Å²) in [5, 5.41) is 0. The minimum atomic E-state index is -4.42. The summed E-state index contributed by atoms with van der Waals surface area (Å²) in [6.07, 6.45) is -4.42. The topological polar surface area (TPSA) is 23.6 Å². The van der Waals surface area contributed by atoms with E-state index in [9.17, 15) is 22.4 Å². The molecule has 1 fully saturated rings. The van der Waals surface area contributed by atoms with Gasteiger partial charge in [-0.2, -0.15) is 13.2 Å². The van der Waals surface area contributed by atoms with Crippen LogP contribution in [0, 0.1) is 24.6 Å². The number of aryl methyl sites for hydroxylation is 1. The number of benzene rings is 3. The molecule has 0 saturated carbocycles. The predicted molar refractivity (Wildman–Crippen MR) is 141 cm³/mol. The fourth-order valence-corrected chi connectivity index (χ4v) is 5.41. The molecule has 202 valence electrons. The van der Waals surface area contributed by atoms with Crippen LogP contribution in [0.4, 0.5) is 17.6 Å². The molecule has 3 aromatic carbocycles. The highest BCUT2D eigenvalue weighted by Gasteiger charge is 2.38. The maximum absolute atomic E-state index is 13.5. The zero-order valence-electron chi connectivity index (χ0n) is 22.0. The zero-order chi connectivity index (χ0) is 27.4. The fraction of sp³-hybridized carbons (Fsp3) is 0.387. The highest BCUT2D eigenvalue weighted by molar-refractivity contribution is 5.94. The highest BCUT2D eigenvalue weighted by Crippen LogP contribution is 2.37. The number of nitrogens with zero attached hydrogens (tertiary/aromatic N) is 2. The van der Waals surface area contributed by atoms with Gasteiger partial charge in [0.25, 0.3) is 5.91 Å². The van der Waals surface area contributed by atoms with Gasteiger partial charge in [0.05, 0.1) is 5.56 Å². The molecule has 0 aromatic heterocycles. The zero-order valence-corrected chi connectivity index (χ0v) is 22.0. The van der Waals surface area contributed by atoms with Crippen molar-refractivity contribution in [1.82, 2.24) is 9.80 Å². The third kappa shape index (κ3) is 7.01. The average molecular weight is 527 g/mol. The van der Waals surface area contributed by atoms with E-state index in [0.29, 0.717) is 43.9 Å². The Hall–Kier alpha value is -3.19. The number of carbonyl (C=O) groups excluding carboxylic acids is 1. The van der Waals surface area contributed by atoms with E-state index in [1.165, 1.54) is 36.4 Å². The van der Waals surface area contributed by atoms with Gasteiger partial charge in [-0.1, -0.05) is 61.9 Å². The second kappa shape index (κ2) is 11.7. The highest BCUT2D eigenvalue weighted by atomic mass is 19.4. The number of alkyl halides is 3. The van der Waals surface area contributed by atoms with Crippen molar-refractivity contribution < 1.29 is 22.4 Å². The van der Waals surface area contributed by atoms with Gasteiger partial charge in [-0.05, 0) is 60.2 Å². The Morgan fingerprint density at radius 2 is 1.71 bits per heavy atom. The monoisotopic (exact) mass is 526 g/mol. The van der Waals surface area contributed by atoms with Crippen LogP contribution < -0.4 is 0 Å². The van der Waals surface area contributed by atoms with Crippen LogP contribution in [0.3, 0.4) is 0 Å². The maximum atomic E-state index is 13.5. The smallest absolute Gasteiger partial charge is 0.338 e. The molecule has 0 bridgehead atoms. The van der Waals surface area contributed by atoms with Crippen LogP contribution in [0.5, 0.6) is 0 Å². The second-order valence-corrected chi connectivity index (χ2v) is 10.8. The van der Waals surface area contributed by atoms with Gasteiger partial charge in [0, 0.05) is 44.2 Å². The third-order valence-corrected chi connectivity index (χ3v) is 7.07. The molecule has 7 heteroatoms. The van der Waals surface area contributed by atoms with Crippen molar-refractivity contribution >= 4 is 5.91 Å². The summed E-state index contributed by atoms with van der Waals surface area (Å²) >= 11 is 0. The van der Waals surface area contributed by atoms with Crippen LogP contribution in [0.1, 0.15) is 52.4 Å². The molecule has 0 unspecified atom stereocenters. The normalized spacial score (nSPS) is 18.2. The minimum Gasteiger partial charge on any atom is -0.338 e. The van der Waals surface area contributed by atoms with Gasteiger partial charge in [-0.25, -0.2) is 4.39 Å². The molecule has 1 heterocycles. The Balaban J connectivity index is 1.63. The van der Waals surface area contributed by atoms with E-state index in [1.54, 1.807) is 11.0 Å². The summed E-state index contributed by atoms with van der Waals surface area (Å²) in [4.78, 5) is 17.5. The molecule has 1 aliphatic rings. The SMILES string of the molecule is Cc1cccc(CN2C[C@H](CN(CC(C)C)C(=O)c3ccc(F)cc3)[C@@H](c3cccc(C(F)(F)F)c3)C2)c1. The number of likely N-dealkylation sites (tertiary alicyclic amines) is 1. The van der Waals surface area contributed by atoms with E-state index >= 15 is 0 Å². The van der Waals surface area contributed by atoms with Gasteiger partial charge in [-0.3, -0.25) is 9.69 Å². The molecular formula is C31H34F4N2O. The molecule has 3 nitrogen and oxygen atoms in total. The molecule has 4 rings (SSSR count). The first kappa shape index (κ1) is 27.8. The van der Waals surface area contributed by atoms with E-state index in [4.69, 9.17) is 0 Å². The Morgan fingerprint density at radius 3 is 2.37 bits per heavy atom. The molecule has 0 radical (unpaired) electrons. The summed E-state index contributed by atoms with van der Waals surface area (Å²) in [6, 6.07) is 19.3. The second-order valence-electron chi connectivity index (χ2n) is 10.8. The van der Waals surface area contributed by atoms with Crippen LogP contribution in [0.15, 0.2) is 72.8 Å². The lowest BCUT2D eigenvalue weighted by Gasteiger charge is -2.30. The Morgan fingerprint density at radius 1 is 1.00 bits per heavy atom. The Kier molecular flexibility index (Phi) is 8.56. The van der Waals surface area contributed by atoms with E-state index in [-0.39, 0.29) is 23.7 Å². The number of rotatable bonds is 8. The van der Waals surface area contributed by atoms with Crippen molar-refractivity contribution in [3.63, 3.8) is 0 Å². The van der Waals surface area contributed by atoms with Gasteiger partial charge in [0.1, 0.15) is 5.82 Å². The molecule has 1 saturated heterocycles. The number of amides is 1. The molecule has 0 aliphatic carbocycles.